The molecule has 28 heavy (non-hydrogen) atoms. The molecule has 3 aromatic rings. The highest BCUT2D eigenvalue weighted by Crippen LogP contribution is 2.40. The molecule has 0 radical (unpaired) electrons. The number of nitriles is 1. The number of benzene rings is 1. The zero-order chi connectivity index (χ0) is 20.1. The van der Waals surface area contributed by atoms with E-state index in [0.717, 1.165) is 11.4 Å². The van der Waals surface area contributed by atoms with E-state index in [0.29, 0.717) is 26.4 Å². The van der Waals surface area contributed by atoms with Crippen molar-refractivity contribution in [1.29, 1.82) is 5.26 Å². The van der Waals surface area contributed by atoms with E-state index in [2.05, 4.69) is 26.2 Å². The van der Waals surface area contributed by atoms with Crippen LogP contribution in [0.5, 0.6) is 0 Å². The molecule has 0 spiro atoms. The van der Waals surface area contributed by atoms with E-state index < -0.39 is 0 Å². The molecule has 2 heterocycles. The predicted molar refractivity (Wildman–Crippen MR) is 113 cm³/mol. The third kappa shape index (κ3) is 4.37. The van der Waals surface area contributed by atoms with Crippen molar-refractivity contribution in [2.75, 3.05) is 17.3 Å². The van der Waals surface area contributed by atoms with Crippen molar-refractivity contribution in [3.05, 3.63) is 58.1 Å². The van der Waals surface area contributed by atoms with E-state index >= 15 is 0 Å². The Morgan fingerprint density at radius 2 is 2.11 bits per heavy atom. The largest absolute Gasteiger partial charge is 0.392 e. The zero-order valence-corrected chi connectivity index (χ0v) is 17.0. The highest BCUT2D eigenvalue weighted by Gasteiger charge is 2.19. The Morgan fingerprint density at radius 3 is 2.75 bits per heavy atom. The summed E-state index contributed by atoms with van der Waals surface area (Å²) in [6.07, 6.45) is 1.80. The number of pyridine rings is 1. The lowest BCUT2D eigenvalue weighted by Crippen LogP contribution is -1.98. The summed E-state index contributed by atoms with van der Waals surface area (Å²) < 4.78 is 13.0. The van der Waals surface area contributed by atoms with Crippen molar-refractivity contribution in [3.8, 4) is 6.07 Å². The number of aromatic nitrogens is 2. The quantitative estimate of drug-likeness (QED) is 0.399. The van der Waals surface area contributed by atoms with E-state index in [1.54, 1.807) is 18.4 Å². The van der Waals surface area contributed by atoms with Gasteiger partial charge in [0.2, 0.25) is 5.69 Å². The Kier molecular flexibility index (Phi) is 6.37. The molecule has 1 aromatic carbocycles. The number of nitrogen functional groups attached to an aromatic ring is 1. The van der Waals surface area contributed by atoms with Gasteiger partial charge in [-0.25, -0.2) is 19.2 Å². The van der Waals surface area contributed by atoms with Gasteiger partial charge in [-0.2, -0.15) is 5.26 Å². The number of nitrogens with two attached hydrogens (primary N) is 1. The summed E-state index contributed by atoms with van der Waals surface area (Å²) in [5, 5.41) is 15.7. The lowest BCUT2D eigenvalue weighted by Gasteiger charge is -2.10. The third-order valence-corrected chi connectivity index (χ3v) is 6.17. The van der Waals surface area contributed by atoms with E-state index in [1.807, 2.05) is 5.38 Å². The molecule has 0 atom stereocenters. The van der Waals surface area contributed by atoms with Gasteiger partial charge in [0.05, 0.1) is 17.8 Å². The van der Waals surface area contributed by atoms with E-state index in [1.165, 1.54) is 47.0 Å². The fraction of sp³-hybridized carbons (Fsp3) is 0.111. The molecule has 0 aliphatic heterocycles. The van der Waals surface area contributed by atoms with Gasteiger partial charge < -0.3 is 11.1 Å². The standard InChI is InChI=1S/C18H13FN6S3/c1-22-14-15(26-2)13(7-20)17(25-16(14)21)27-8-12-9-28-18(24-12)23-11-5-3-10(19)4-6-11/h3-6,9H,8H2,2H3,(H2,21,25)(H,23,24). The van der Waals surface area contributed by atoms with Crippen LogP contribution < -0.4 is 11.1 Å². The van der Waals surface area contributed by atoms with Crippen molar-refractivity contribution in [3.63, 3.8) is 0 Å². The molecule has 6 nitrogen and oxygen atoms in total. The van der Waals surface area contributed by atoms with Crippen molar-refractivity contribution < 1.29 is 4.39 Å². The van der Waals surface area contributed by atoms with Crippen molar-refractivity contribution in [2.24, 2.45) is 0 Å². The second-order valence-electron chi connectivity index (χ2n) is 5.35. The van der Waals surface area contributed by atoms with Gasteiger partial charge in [0.25, 0.3) is 0 Å². The zero-order valence-electron chi connectivity index (χ0n) is 14.6. The average Bonchev–Trinajstić information content (AvgIpc) is 3.14. The van der Waals surface area contributed by atoms with Crippen LogP contribution in [-0.4, -0.2) is 16.2 Å². The fourth-order valence-corrected chi connectivity index (χ4v) is 4.77. The summed E-state index contributed by atoms with van der Waals surface area (Å²) in [5.41, 5.74) is 8.02. The maximum absolute atomic E-state index is 13.0. The summed E-state index contributed by atoms with van der Waals surface area (Å²) in [6.45, 7) is 7.25. The highest BCUT2D eigenvalue weighted by molar-refractivity contribution is 7.99. The predicted octanol–water partition coefficient (Wildman–Crippen LogP) is 5.44. The van der Waals surface area contributed by atoms with E-state index in [9.17, 15) is 9.65 Å². The monoisotopic (exact) mass is 428 g/mol. The Hall–Kier alpha value is -2.79. The summed E-state index contributed by atoms with van der Waals surface area (Å²) >= 11 is 4.08. The molecule has 10 heteroatoms. The second kappa shape index (κ2) is 8.93. The normalized spacial score (nSPS) is 10.3. The number of nitrogens with one attached hydrogen (secondary N) is 1. The average molecular weight is 429 g/mol. The molecule has 0 aliphatic carbocycles. The first kappa shape index (κ1) is 20.0. The summed E-state index contributed by atoms with van der Waals surface area (Å²) in [5.74, 6) is 0.321. The van der Waals surface area contributed by atoms with Crippen LogP contribution in [0.1, 0.15) is 11.3 Å². The minimum absolute atomic E-state index is 0.123. The SMILES string of the molecule is [C-]#[N+]c1c(N)nc(SCc2csc(Nc3ccc(F)cc3)n2)c(C#N)c1SC. The Labute approximate surface area is 173 Å². The lowest BCUT2D eigenvalue weighted by molar-refractivity contribution is 0.628. The first-order chi connectivity index (χ1) is 13.5. The van der Waals surface area contributed by atoms with Crippen LogP contribution in [0.2, 0.25) is 0 Å². The molecular weight excluding hydrogens is 415 g/mol. The van der Waals surface area contributed by atoms with Crippen LogP contribution >= 0.6 is 34.9 Å². The van der Waals surface area contributed by atoms with E-state index in [4.69, 9.17) is 12.3 Å². The van der Waals surface area contributed by atoms with Crippen LogP contribution in [0.25, 0.3) is 4.85 Å². The van der Waals surface area contributed by atoms with Gasteiger partial charge in [0, 0.05) is 21.7 Å². The number of nitrogens with zero attached hydrogens (tertiary/aromatic N) is 4. The molecule has 0 saturated heterocycles. The lowest BCUT2D eigenvalue weighted by atomic mass is 10.2. The molecule has 0 saturated carbocycles. The minimum atomic E-state index is -0.296. The summed E-state index contributed by atoms with van der Waals surface area (Å²) in [7, 11) is 0. The molecule has 0 bridgehead atoms. The van der Waals surface area contributed by atoms with Crippen molar-refractivity contribution >= 4 is 57.2 Å². The highest BCUT2D eigenvalue weighted by atomic mass is 32.2. The van der Waals surface area contributed by atoms with Gasteiger partial charge in [-0.15, -0.1) is 23.1 Å². The van der Waals surface area contributed by atoms with Crippen LogP contribution in [0.15, 0.2) is 39.6 Å². The van der Waals surface area contributed by atoms with Gasteiger partial charge in [-0.3, -0.25) is 0 Å². The van der Waals surface area contributed by atoms with E-state index in [-0.39, 0.29) is 17.3 Å². The molecule has 2 aromatic heterocycles. The number of thioether (sulfide) groups is 2. The van der Waals surface area contributed by atoms with Gasteiger partial charge in [-0.1, -0.05) is 11.8 Å². The van der Waals surface area contributed by atoms with Gasteiger partial charge in [0.15, 0.2) is 5.13 Å². The van der Waals surface area contributed by atoms with Gasteiger partial charge >= 0.3 is 0 Å². The first-order valence-corrected chi connectivity index (χ1v) is 10.9. The van der Waals surface area contributed by atoms with Gasteiger partial charge in [-0.05, 0) is 30.5 Å². The third-order valence-electron chi connectivity index (χ3n) is 3.55. The second-order valence-corrected chi connectivity index (χ2v) is 7.99. The molecule has 140 valence electrons. The number of hydrogen-bond acceptors (Lipinski definition) is 8. The molecule has 3 N–H and O–H groups in total. The van der Waals surface area contributed by atoms with Gasteiger partial charge in [0.1, 0.15) is 22.7 Å². The number of thiazole rings is 1. The Morgan fingerprint density at radius 1 is 1.36 bits per heavy atom. The smallest absolute Gasteiger partial charge is 0.242 e. The number of halogens is 1. The molecule has 0 amide bonds. The first-order valence-electron chi connectivity index (χ1n) is 7.80. The maximum atomic E-state index is 13.0. The molecule has 0 unspecified atom stereocenters. The van der Waals surface area contributed by atoms with Crippen LogP contribution in [-0.2, 0) is 5.75 Å². The Balaban J connectivity index is 1.75. The molecule has 0 aliphatic rings. The molecule has 3 rings (SSSR count). The number of hydrogen-bond donors (Lipinski definition) is 2. The maximum Gasteiger partial charge on any atom is 0.242 e. The van der Waals surface area contributed by atoms with Crippen LogP contribution in [0.3, 0.4) is 0 Å². The van der Waals surface area contributed by atoms with Crippen LogP contribution in [0.4, 0.5) is 26.7 Å². The number of rotatable bonds is 6. The van der Waals surface area contributed by atoms with Crippen LogP contribution in [0, 0.1) is 23.7 Å². The molecule has 0 fully saturated rings. The number of anilines is 3. The summed E-state index contributed by atoms with van der Waals surface area (Å²) in [4.78, 5) is 12.7. The van der Waals surface area contributed by atoms with Crippen molar-refractivity contribution in [1.82, 2.24) is 9.97 Å². The fourth-order valence-electron chi connectivity index (χ4n) is 2.29. The van der Waals surface area contributed by atoms with Crippen molar-refractivity contribution in [2.45, 2.75) is 15.7 Å². The minimum Gasteiger partial charge on any atom is -0.392 e. The molecular formula is C18H13FN6S3. The Bertz CT molecular complexity index is 1080. The summed E-state index contributed by atoms with van der Waals surface area (Å²) in [6, 6.07) is 8.16. The topological polar surface area (TPSA) is 92.0 Å².